The highest BCUT2D eigenvalue weighted by atomic mass is 32.2. The first kappa shape index (κ1) is 15.1. The lowest BCUT2D eigenvalue weighted by Crippen LogP contribution is -1.93. The van der Waals surface area contributed by atoms with Crippen molar-refractivity contribution in [2.24, 2.45) is 0 Å². The molecule has 0 radical (unpaired) electrons. The molecule has 116 valence electrons. The average molecular weight is 328 g/mol. The van der Waals surface area contributed by atoms with E-state index in [2.05, 4.69) is 10.2 Å². The number of benzene rings is 2. The molecular formula is C16H12N2O4S. The van der Waals surface area contributed by atoms with Gasteiger partial charge >= 0.3 is 0 Å². The monoisotopic (exact) mass is 328 g/mol. The number of rotatable bonds is 4. The zero-order valence-electron chi connectivity index (χ0n) is 12.1. The van der Waals surface area contributed by atoms with Crippen molar-refractivity contribution in [1.82, 2.24) is 10.2 Å². The SMILES string of the molecule is COc1ccc(-c2nnc(SC(=O)c3ccccc3O)o2)cc1. The predicted octanol–water partition coefficient (Wildman–Crippen LogP) is 3.38. The Hall–Kier alpha value is -2.80. The second kappa shape index (κ2) is 6.53. The Kier molecular flexibility index (Phi) is 4.29. The largest absolute Gasteiger partial charge is 0.507 e. The molecule has 0 spiro atoms. The van der Waals surface area contributed by atoms with Gasteiger partial charge in [0.15, 0.2) is 0 Å². The van der Waals surface area contributed by atoms with Crippen molar-refractivity contribution < 1.29 is 19.1 Å². The van der Waals surface area contributed by atoms with Gasteiger partial charge in [-0.05, 0) is 36.4 Å². The van der Waals surface area contributed by atoms with E-state index in [1.54, 1.807) is 43.5 Å². The van der Waals surface area contributed by atoms with Gasteiger partial charge < -0.3 is 14.3 Å². The lowest BCUT2D eigenvalue weighted by molar-refractivity contribution is 0.108. The Balaban J connectivity index is 1.76. The highest BCUT2D eigenvalue weighted by molar-refractivity contribution is 8.14. The minimum atomic E-state index is -0.368. The van der Waals surface area contributed by atoms with E-state index in [-0.39, 0.29) is 21.7 Å². The molecule has 0 bridgehead atoms. The molecule has 7 heteroatoms. The standard InChI is InChI=1S/C16H12N2O4S/c1-21-11-8-6-10(7-9-11)14-17-18-16(22-14)23-15(20)12-4-2-3-5-13(12)19/h2-9,19H,1H3. The van der Waals surface area contributed by atoms with Crippen molar-refractivity contribution in [2.45, 2.75) is 5.22 Å². The van der Waals surface area contributed by atoms with Crippen LogP contribution in [0.2, 0.25) is 0 Å². The Morgan fingerprint density at radius 1 is 1.13 bits per heavy atom. The van der Waals surface area contributed by atoms with Gasteiger partial charge in [0, 0.05) is 17.3 Å². The van der Waals surface area contributed by atoms with Crippen LogP contribution in [0.3, 0.4) is 0 Å². The fourth-order valence-electron chi connectivity index (χ4n) is 1.88. The maximum Gasteiger partial charge on any atom is 0.284 e. The van der Waals surface area contributed by atoms with Crippen LogP contribution < -0.4 is 4.74 Å². The van der Waals surface area contributed by atoms with Crippen LogP contribution in [-0.4, -0.2) is 27.5 Å². The van der Waals surface area contributed by atoms with E-state index in [0.717, 1.165) is 23.1 Å². The minimum absolute atomic E-state index is 0.0834. The molecule has 0 saturated heterocycles. The number of phenols is 1. The van der Waals surface area contributed by atoms with Crippen molar-refractivity contribution >= 4 is 16.9 Å². The quantitative estimate of drug-likeness (QED) is 0.735. The van der Waals surface area contributed by atoms with Crippen molar-refractivity contribution in [3.8, 4) is 23.0 Å². The second-order valence-electron chi connectivity index (χ2n) is 4.51. The first-order chi connectivity index (χ1) is 11.2. The molecule has 23 heavy (non-hydrogen) atoms. The van der Waals surface area contributed by atoms with Crippen LogP contribution in [0.25, 0.3) is 11.5 Å². The minimum Gasteiger partial charge on any atom is -0.507 e. The number of aromatic hydroxyl groups is 1. The summed E-state index contributed by atoms with van der Waals surface area (Å²) in [5.41, 5.74) is 0.918. The summed E-state index contributed by atoms with van der Waals surface area (Å²) in [4.78, 5) is 12.1. The third kappa shape index (κ3) is 3.35. The summed E-state index contributed by atoms with van der Waals surface area (Å²) in [5, 5.41) is 17.2. The molecule has 0 aliphatic heterocycles. The van der Waals surface area contributed by atoms with Crippen LogP contribution >= 0.6 is 11.8 Å². The molecule has 1 N–H and O–H groups in total. The molecule has 0 atom stereocenters. The van der Waals surface area contributed by atoms with Gasteiger partial charge in [-0.25, -0.2) is 0 Å². The smallest absolute Gasteiger partial charge is 0.284 e. The number of thioether (sulfide) groups is 1. The second-order valence-corrected chi connectivity index (χ2v) is 5.43. The molecule has 0 unspecified atom stereocenters. The van der Waals surface area contributed by atoms with Crippen LogP contribution in [0.1, 0.15) is 10.4 Å². The fraction of sp³-hybridized carbons (Fsp3) is 0.0625. The summed E-state index contributed by atoms with van der Waals surface area (Å²) in [6.07, 6.45) is 0. The Labute approximate surface area is 136 Å². The molecule has 0 fully saturated rings. The van der Waals surface area contributed by atoms with Gasteiger partial charge in [0.05, 0.1) is 12.7 Å². The summed E-state index contributed by atoms with van der Waals surface area (Å²) in [7, 11) is 1.58. The lowest BCUT2D eigenvalue weighted by Gasteiger charge is -2.00. The Morgan fingerprint density at radius 2 is 1.87 bits per heavy atom. The normalized spacial score (nSPS) is 10.5. The van der Waals surface area contributed by atoms with Gasteiger partial charge in [-0.3, -0.25) is 4.79 Å². The van der Waals surface area contributed by atoms with Crippen molar-refractivity contribution in [1.29, 1.82) is 0 Å². The fourth-order valence-corrected chi connectivity index (χ4v) is 2.53. The topological polar surface area (TPSA) is 85.5 Å². The highest BCUT2D eigenvalue weighted by Crippen LogP contribution is 2.29. The lowest BCUT2D eigenvalue weighted by atomic mass is 10.2. The molecular weight excluding hydrogens is 316 g/mol. The predicted molar refractivity (Wildman–Crippen MR) is 84.6 cm³/mol. The molecule has 0 aliphatic carbocycles. The number of hydrogen-bond acceptors (Lipinski definition) is 7. The third-order valence-corrected chi connectivity index (χ3v) is 3.79. The first-order valence-electron chi connectivity index (χ1n) is 6.65. The number of para-hydroxylation sites is 1. The van der Waals surface area contributed by atoms with Crippen molar-refractivity contribution in [3.05, 3.63) is 54.1 Å². The van der Waals surface area contributed by atoms with E-state index in [0.29, 0.717) is 5.89 Å². The van der Waals surface area contributed by atoms with Crippen LogP contribution in [0.4, 0.5) is 0 Å². The van der Waals surface area contributed by atoms with Crippen LogP contribution in [0.15, 0.2) is 58.2 Å². The number of methoxy groups -OCH3 is 1. The molecule has 2 aromatic carbocycles. The molecule has 1 heterocycles. The van der Waals surface area contributed by atoms with Crippen molar-refractivity contribution in [3.63, 3.8) is 0 Å². The van der Waals surface area contributed by atoms with Gasteiger partial charge in [-0.1, -0.05) is 12.1 Å². The Bertz CT molecular complexity index is 830. The van der Waals surface area contributed by atoms with Crippen molar-refractivity contribution in [2.75, 3.05) is 7.11 Å². The molecule has 0 aliphatic rings. The van der Waals surface area contributed by atoms with E-state index < -0.39 is 0 Å². The third-order valence-electron chi connectivity index (χ3n) is 3.05. The molecule has 6 nitrogen and oxygen atoms in total. The summed E-state index contributed by atoms with van der Waals surface area (Å²) in [6.45, 7) is 0. The summed E-state index contributed by atoms with van der Waals surface area (Å²) in [6, 6.07) is 13.4. The first-order valence-corrected chi connectivity index (χ1v) is 7.47. The van der Waals surface area contributed by atoms with Gasteiger partial charge in [0.25, 0.3) is 5.22 Å². The van der Waals surface area contributed by atoms with Crippen LogP contribution in [-0.2, 0) is 0 Å². The number of nitrogens with zero attached hydrogens (tertiary/aromatic N) is 2. The zero-order chi connectivity index (χ0) is 16.2. The van der Waals surface area contributed by atoms with E-state index in [1.807, 2.05) is 0 Å². The maximum atomic E-state index is 12.1. The zero-order valence-corrected chi connectivity index (χ0v) is 12.9. The number of phenolic OH excluding ortho intramolecular Hbond substituents is 1. The van der Waals surface area contributed by atoms with E-state index >= 15 is 0 Å². The molecule has 0 saturated carbocycles. The summed E-state index contributed by atoms with van der Waals surface area (Å²) < 4.78 is 10.6. The number of aromatic nitrogens is 2. The molecule has 3 rings (SSSR count). The maximum absolute atomic E-state index is 12.1. The van der Waals surface area contributed by atoms with Gasteiger partial charge in [-0.15, -0.1) is 10.2 Å². The number of carbonyl (C=O) groups excluding carboxylic acids is 1. The molecule has 1 aromatic heterocycles. The molecule has 0 amide bonds. The van der Waals surface area contributed by atoms with Crippen LogP contribution in [0.5, 0.6) is 11.5 Å². The number of hydrogen-bond donors (Lipinski definition) is 1. The van der Waals surface area contributed by atoms with E-state index in [4.69, 9.17) is 9.15 Å². The van der Waals surface area contributed by atoms with Crippen LogP contribution in [0, 0.1) is 0 Å². The number of ether oxygens (including phenoxy) is 1. The van der Waals surface area contributed by atoms with Gasteiger partial charge in [0.1, 0.15) is 11.5 Å². The van der Waals surface area contributed by atoms with Gasteiger partial charge in [0.2, 0.25) is 11.0 Å². The summed E-state index contributed by atoms with van der Waals surface area (Å²) in [5.74, 6) is 0.942. The van der Waals surface area contributed by atoms with E-state index in [9.17, 15) is 9.90 Å². The molecule has 3 aromatic rings. The highest BCUT2D eigenvalue weighted by Gasteiger charge is 2.17. The van der Waals surface area contributed by atoms with E-state index in [1.165, 1.54) is 12.1 Å². The average Bonchev–Trinajstić information content (AvgIpc) is 3.03. The number of carbonyl (C=O) groups is 1. The summed E-state index contributed by atoms with van der Waals surface area (Å²) >= 11 is 0.770. The van der Waals surface area contributed by atoms with Gasteiger partial charge in [-0.2, -0.15) is 0 Å². The Morgan fingerprint density at radius 3 is 2.57 bits per heavy atom.